The van der Waals surface area contributed by atoms with Gasteiger partial charge in [0, 0.05) is 36.7 Å². The van der Waals surface area contributed by atoms with Crippen molar-refractivity contribution in [2.75, 3.05) is 51.8 Å². The number of aliphatic hydroxyl groups excluding tert-OH is 1. The molecule has 0 saturated carbocycles. The fraction of sp³-hybridized carbons (Fsp3) is 0.417. The van der Waals surface area contributed by atoms with Crippen LogP contribution >= 0.6 is 0 Å². The summed E-state index contributed by atoms with van der Waals surface area (Å²) >= 11 is 0. The van der Waals surface area contributed by atoms with Gasteiger partial charge in [0.25, 0.3) is 0 Å². The zero-order chi connectivity index (χ0) is 23.9. The highest BCUT2D eigenvalue weighted by atomic mass is 16.5. The van der Waals surface area contributed by atoms with E-state index in [9.17, 15) is 9.59 Å². The number of benzene rings is 1. The Kier molecular flexibility index (Phi) is 7.71. The van der Waals surface area contributed by atoms with Gasteiger partial charge < -0.3 is 30.1 Å². The third-order valence-electron chi connectivity index (χ3n) is 5.76. The topological polar surface area (TPSA) is 126 Å². The molecule has 0 unspecified atom stereocenters. The van der Waals surface area contributed by atoms with Crippen molar-refractivity contribution >= 4 is 28.3 Å². The monoisotopic (exact) mass is 467 g/mol. The van der Waals surface area contributed by atoms with Crippen LogP contribution in [0.3, 0.4) is 0 Å². The minimum Gasteiger partial charge on any atom is -0.493 e. The van der Waals surface area contributed by atoms with Gasteiger partial charge in [0.05, 0.1) is 37.2 Å². The minimum absolute atomic E-state index is 0.0979. The highest BCUT2D eigenvalue weighted by molar-refractivity contribution is 6.21. The molecular weight excluding hydrogens is 438 g/mol. The third kappa shape index (κ3) is 5.52. The number of carbonyl (C=O) groups excluding carboxylic acids is 2. The molecule has 180 valence electrons. The summed E-state index contributed by atoms with van der Waals surface area (Å²) in [7, 11) is 1.56. The molecule has 1 aliphatic heterocycles. The van der Waals surface area contributed by atoms with Crippen LogP contribution in [-0.4, -0.2) is 78.0 Å². The van der Waals surface area contributed by atoms with Crippen LogP contribution in [0.25, 0.3) is 10.9 Å². The van der Waals surface area contributed by atoms with E-state index >= 15 is 0 Å². The molecular formula is C24H29N5O5. The lowest BCUT2D eigenvalue weighted by atomic mass is 10.1. The Morgan fingerprint density at radius 2 is 1.82 bits per heavy atom. The zero-order valence-electron chi connectivity index (χ0n) is 19.2. The molecule has 2 heterocycles. The largest absolute Gasteiger partial charge is 0.493 e. The highest BCUT2D eigenvalue weighted by Gasteiger charge is 2.22. The number of ketones is 2. The molecule has 10 nitrogen and oxygen atoms in total. The third-order valence-corrected chi connectivity index (χ3v) is 5.76. The van der Waals surface area contributed by atoms with E-state index in [2.05, 4.69) is 25.5 Å². The number of likely N-dealkylation sites (tertiary alicyclic amines) is 1. The Morgan fingerprint density at radius 1 is 1.06 bits per heavy atom. The maximum atomic E-state index is 12.5. The summed E-state index contributed by atoms with van der Waals surface area (Å²) in [4.78, 5) is 35.9. The van der Waals surface area contributed by atoms with Gasteiger partial charge in [-0.15, -0.1) is 0 Å². The molecule has 4 rings (SSSR count). The predicted molar refractivity (Wildman–Crippen MR) is 127 cm³/mol. The highest BCUT2D eigenvalue weighted by Crippen LogP contribution is 2.34. The average Bonchev–Trinajstić information content (AvgIpc) is 3.36. The van der Waals surface area contributed by atoms with Crippen LogP contribution in [0.15, 0.2) is 42.0 Å². The zero-order valence-corrected chi connectivity index (χ0v) is 19.2. The number of methoxy groups -OCH3 is 1. The molecule has 1 aromatic carbocycles. The summed E-state index contributed by atoms with van der Waals surface area (Å²) < 4.78 is 11.5. The Hall–Kier alpha value is -3.50. The summed E-state index contributed by atoms with van der Waals surface area (Å²) in [5, 5.41) is 15.2. The van der Waals surface area contributed by atoms with Gasteiger partial charge in [0.15, 0.2) is 11.5 Å². The predicted octanol–water partition coefficient (Wildman–Crippen LogP) is 1.42. The molecule has 1 aliphatic carbocycles. The first-order valence-corrected chi connectivity index (χ1v) is 11.4. The second-order valence-corrected chi connectivity index (χ2v) is 8.11. The van der Waals surface area contributed by atoms with Gasteiger partial charge in [0.2, 0.25) is 11.6 Å². The van der Waals surface area contributed by atoms with E-state index in [0.717, 1.165) is 26.1 Å². The first-order valence-electron chi connectivity index (χ1n) is 11.4. The number of aromatic nitrogens is 2. The number of allylic oxidation sites excluding steroid dienone is 2. The van der Waals surface area contributed by atoms with Crippen molar-refractivity contribution in [1.82, 2.24) is 20.2 Å². The second kappa shape index (κ2) is 11.1. The molecule has 2 aliphatic rings. The van der Waals surface area contributed by atoms with Crippen molar-refractivity contribution in [3.63, 3.8) is 0 Å². The van der Waals surface area contributed by atoms with Gasteiger partial charge in [-0.05, 0) is 38.4 Å². The molecule has 0 bridgehead atoms. The Labute approximate surface area is 197 Å². The van der Waals surface area contributed by atoms with Crippen molar-refractivity contribution in [3.8, 4) is 11.5 Å². The van der Waals surface area contributed by atoms with Crippen LogP contribution in [-0.2, 0) is 9.59 Å². The van der Waals surface area contributed by atoms with Gasteiger partial charge in [-0.2, -0.15) is 0 Å². The smallest absolute Gasteiger partial charge is 0.204 e. The van der Waals surface area contributed by atoms with Crippen LogP contribution < -0.4 is 20.1 Å². The van der Waals surface area contributed by atoms with Gasteiger partial charge in [-0.3, -0.25) is 9.59 Å². The molecule has 1 fully saturated rings. The van der Waals surface area contributed by atoms with E-state index in [1.54, 1.807) is 19.2 Å². The van der Waals surface area contributed by atoms with E-state index in [1.165, 1.54) is 31.3 Å². The van der Waals surface area contributed by atoms with Crippen LogP contribution in [0.4, 0.5) is 5.82 Å². The summed E-state index contributed by atoms with van der Waals surface area (Å²) in [5.41, 5.74) is 0.856. The number of nitrogens with zero attached hydrogens (tertiary/aromatic N) is 3. The van der Waals surface area contributed by atoms with Crippen LogP contribution in [0, 0.1) is 0 Å². The second-order valence-electron chi connectivity index (χ2n) is 8.11. The molecule has 1 aromatic heterocycles. The molecule has 0 radical (unpaired) electrons. The number of aliphatic hydroxyl groups is 1. The summed E-state index contributed by atoms with van der Waals surface area (Å²) in [5.74, 6) is 0.748. The normalized spacial score (nSPS) is 16.4. The maximum Gasteiger partial charge on any atom is 0.204 e. The van der Waals surface area contributed by atoms with Crippen molar-refractivity contribution < 1.29 is 24.2 Å². The number of nitrogens with one attached hydrogen (secondary N) is 2. The minimum atomic E-state index is -0.378. The molecule has 2 aromatic rings. The Balaban J connectivity index is 1.48. The maximum absolute atomic E-state index is 12.5. The van der Waals surface area contributed by atoms with Crippen molar-refractivity contribution in [2.45, 2.75) is 19.3 Å². The number of carbonyl (C=O) groups is 2. The first kappa shape index (κ1) is 23.7. The molecule has 34 heavy (non-hydrogen) atoms. The molecule has 1 saturated heterocycles. The van der Waals surface area contributed by atoms with Gasteiger partial charge in [-0.25, -0.2) is 9.97 Å². The number of ether oxygens (including phenoxy) is 2. The fourth-order valence-corrected chi connectivity index (χ4v) is 4.03. The SMILES string of the molecule is COc1cc2c(NC3=CC(=O)C(NCCO)=CC3=O)ncnc2cc1OCCCN1CCCC1. The van der Waals surface area contributed by atoms with E-state index in [0.29, 0.717) is 34.8 Å². The van der Waals surface area contributed by atoms with Gasteiger partial charge in [-0.1, -0.05) is 0 Å². The standard InChI is InChI=1S/C24H29N5O5/c1-33-22-11-16-17(14-23(22)34-10-4-8-29-6-2-3-7-29)26-15-27-24(16)28-19-13-20(31)18(12-21(19)32)25-5-9-30/h11-15,25,30H,2-10H2,1H3,(H,26,27,28). The van der Waals surface area contributed by atoms with E-state index < -0.39 is 0 Å². The van der Waals surface area contributed by atoms with E-state index in [1.807, 2.05) is 0 Å². The fourth-order valence-electron chi connectivity index (χ4n) is 4.03. The van der Waals surface area contributed by atoms with Crippen LogP contribution in [0.2, 0.25) is 0 Å². The molecule has 10 heteroatoms. The van der Waals surface area contributed by atoms with Crippen LogP contribution in [0.1, 0.15) is 19.3 Å². The quantitative estimate of drug-likeness (QED) is 0.330. The Bertz CT molecular complexity index is 1120. The summed E-state index contributed by atoms with van der Waals surface area (Å²) in [6.45, 7) is 3.93. The number of rotatable bonds is 11. The van der Waals surface area contributed by atoms with Crippen molar-refractivity contribution in [2.24, 2.45) is 0 Å². The Morgan fingerprint density at radius 3 is 2.59 bits per heavy atom. The molecule has 0 atom stereocenters. The first-order chi connectivity index (χ1) is 16.6. The number of fused-ring (bicyclic) bond motifs is 1. The average molecular weight is 468 g/mol. The van der Waals surface area contributed by atoms with E-state index in [-0.39, 0.29) is 36.1 Å². The molecule has 3 N–H and O–H groups in total. The van der Waals surface area contributed by atoms with Crippen molar-refractivity contribution in [3.05, 3.63) is 42.0 Å². The van der Waals surface area contributed by atoms with Crippen molar-refractivity contribution in [1.29, 1.82) is 0 Å². The number of anilines is 1. The van der Waals surface area contributed by atoms with E-state index in [4.69, 9.17) is 14.6 Å². The summed E-state index contributed by atoms with van der Waals surface area (Å²) in [6.07, 6.45) is 7.26. The lowest BCUT2D eigenvalue weighted by molar-refractivity contribution is -0.115. The van der Waals surface area contributed by atoms with Crippen LogP contribution in [0.5, 0.6) is 11.5 Å². The molecule has 0 amide bonds. The van der Waals surface area contributed by atoms with Gasteiger partial charge >= 0.3 is 0 Å². The molecule has 0 spiro atoms. The lowest BCUT2D eigenvalue weighted by Gasteiger charge is -2.17. The van der Waals surface area contributed by atoms with Gasteiger partial charge in [0.1, 0.15) is 12.1 Å². The lowest BCUT2D eigenvalue weighted by Crippen LogP contribution is -2.28. The number of hydrogen-bond acceptors (Lipinski definition) is 10. The summed E-state index contributed by atoms with van der Waals surface area (Å²) in [6, 6.07) is 3.54. The number of hydrogen-bond donors (Lipinski definition) is 3.